The number of benzene rings is 2. The normalized spacial score (nSPS) is 22.8. The van der Waals surface area contributed by atoms with Crippen LogP contribution in [0.1, 0.15) is 77.0 Å². The van der Waals surface area contributed by atoms with Gasteiger partial charge in [-0.25, -0.2) is 9.97 Å². The van der Waals surface area contributed by atoms with Gasteiger partial charge in [-0.1, -0.05) is 67.5 Å². The maximum absolute atomic E-state index is 13.0. The largest absolute Gasteiger partial charge is 0.399 e. The number of hydrogen-bond acceptors (Lipinski definition) is 4. The first-order valence-electron chi connectivity index (χ1n) is 14.5. The van der Waals surface area contributed by atoms with Gasteiger partial charge in [0, 0.05) is 17.7 Å². The van der Waals surface area contributed by atoms with Gasteiger partial charge in [0.25, 0.3) is 0 Å². The van der Waals surface area contributed by atoms with Crippen LogP contribution >= 0.6 is 0 Å². The van der Waals surface area contributed by atoms with Crippen LogP contribution in [0.15, 0.2) is 71.9 Å². The number of carbonyl (C=O) groups is 1. The smallest absolute Gasteiger partial charge is 0.225 e. The summed E-state index contributed by atoms with van der Waals surface area (Å²) in [4.78, 5) is 22.9. The summed E-state index contributed by atoms with van der Waals surface area (Å²) in [6.07, 6.45) is 10.7. The number of nitrogens with zero attached hydrogens (tertiary/aromatic N) is 2. The summed E-state index contributed by atoms with van der Waals surface area (Å²) in [6.45, 7) is 7.14. The summed E-state index contributed by atoms with van der Waals surface area (Å²) >= 11 is 0. The Bertz CT molecular complexity index is 1330. The third kappa shape index (κ3) is 7.14. The van der Waals surface area contributed by atoms with Gasteiger partial charge in [-0.05, 0) is 93.2 Å². The van der Waals surface area contributed by atoms with Crippen LogP contribution < -0.4 is 11.1 Å². The maximum Gasteiger partial charge on any atom is 0.225 e. The zero-order valence-corrected chi connectivity index (χ0v) is 23.7. The van der Waals surface area contributed by atoms with E-state index in [4.69, 9.17) is 15.7 Å². The van der Waals surface area contributed by atoms with E-state index < -0.39 is 0 Å². The molecule has 2 aliphatic rings. The Morgan fingerprint density at radius 1 is 1.10 bits per heavy atom. The zero-order chi connectivity index (χ0) is 27.4. The van der Waals surface area contributed by atoms with E-state index in [1.54, 1.807) is 17.3 Å². The first kappa shape index (κ1) is 27.1. The summed E-state index contributed by atoms with van der Waals surface area (Å²) in [5.74, 6) is 1.95. The van der Waals surface area contributed by atoms with Crippen molar-refractivity contribution in [2.45, 2.75) is 78.6 Å². The highest BCUT2D eigenvalue weighted by Gasteiger charge is 2.41. The fourth-order valence-corrected chi connectivity index (χ4v) is 6.46. The molecule has 3 aromatic rings. The van der Waals surface area contributed by atoms with E-state index in [-0.39, 0.29) is 11.3 Å². The van der Waals surface area contributed by atoms with Crippen LogP contribution in [-0.4, -0.2) is 15.9 Å². The lowest BCUT2D eigenvalue weighted by Crippen LogP contribution is -2.26. The number of nitrogen functional groups attached to an aromatic ring is 1. The second kappa shape index (κ2) is 11.7. The molecule has 0 spiro atoms. The number of aromatic nitrogens is 2. The minimum atomic E-state index is -0.00209. The molecule has 1 amide bonds. The Balaban J connectivity index is 1.37. The van der Waals surface area contributed by atoms with Gasteiger partial charge in [-0.2, -0.15) is 0 Å². The highest BCUT2D eigenvalue weighted by Crippen LogP contribution is 2.52. The molecule has 0 bridgehead atoms. The van der Waals surface area contributed by atoms with E-state index in [1.165, 1.54) is 31.2 Å². The van der Waals surface area contributed by atoms with Gasteiger partial charge in [0.2, 0.25) is 5.91 Å². The second-order valence-corrected chi connectivity index (χ2v) is 12.3. The van der Waals surface area contributed by atoms with Crippen molar-refractivity contribution in [2.75, 3.05) is 11.1 Å². The molecule has 5 nitrogen and oxygen atoms in total. The number of hydrogen-bond donors (Lipinski definition) is 2. The molecule has 3 atom stereocenters. The summed E-state index contributed by atoms with van der Waals surface area (Å²) in [7, 11) is 0. The minimum Gasteiger partial charge on any atom is -0.399 e. The quantitative estimate of drug-likeness (QED) is 0.234. The predicted octanol–water partition coefficient (Wildman–Crippen LogP) is 7.78. The highest BCUT2D eigenvalue weighted by molar-refractivity contribution is 5.90. The Morgan fingerprint density at radius 2 is 1.87 bits per heavy atom. The van der Waals surface area contributed by atoms with Crippen molar-refractivity contribution in [2.24, 2.45) is 17.3 Å². The van der Waals surface area contributed by atoms with Crippen molar-refractivity contribution in [3.05, 3.63) is 83.2 Å². The van der Waals surface area contributed by atoms with Gasteiger partial charge in [0.1, 0.15) is 0 Å². The number of anilines is 2. The lowest BCUT2D eigenvalue weighted by Gasteiger charge is -2.32. The van der Waals surface area contributed by atoms with E-state index in [2.05, 4.69) is 38.2 Å². The molecule has 3 unspecified atom stereocenters. The van der Waals surface area contributed by atoms with E-state index in [0.29, 0.717) is 24.1 Å². The van der Waals surface area contributed by atoms with Crippen molar-refractivity contribution < 1.29 is 4.79 Å². The average Bonchev–Trinajstić information content (AvgIpc) is 3.67. The Morgan fingerprint density at radius 3 is 2.64 bits per heavy atom. The molecular formula is C34H42N4O. The standard InChI is InChI=1S/C34H42N4O/c1-23-12-13-24(2)29-18-27(29)20-34(3,19-23)21-30-33(36-22-31(37-30)26-14-16-28(35)17-15-26)38-32(39)11-7-10-25-8-5-4-6-9-25/h4-6,8-9,14-17,22-23,27H,7,10-13,18-21,35H2,1-3H3,(H,36,38,39). The molecule has 2 aliphatic carbocycles. The molecule has 0 saturated heterocycles. The lowest BCUT2D eigenvalue weighted by molar-refractivity contribution is -0.116. The first-order valence-corrected chi connectivity index (χ1v) is 14.5. The number of aryl methyl sites for hydroxylation is 1. The molecule has 204 valence electrons. The van der Waals surface area contributed by atoms with Crippen LogP contribution in [0, 0.1) is 17.3 Å². The predicted molar refractivity (Wildman–Crippen MR) is 160 cm³/mol. The SMILES string of the molecule is CC1=C2CC2CC(C)(Cc2nc(-c3ccc(N)cc3)cnc2NC(=O)CCCc2ccccc2)CC(C)CC1. The number of rotatable bonds is 8. The van der Waals surface area contributed by atoms with Gasteiger partial charge >= 0.3 is 0 Å². The molecular weight excluding hydrogens is 480 g/mol. The van der Waals surface area contributed by atoms with Gasteiger partial charge in [0.05, 0.1) is 17.6 Å². The molecule has 39 heavy (non-hydrogen) atoms. The van der Waals surface area contributed by atoms with Crippen molar-refractivity contribution in [3.8, 4) is 11.3 Å². The van der Waals surface area contributed by atoms with Crippen molar-refractivity contribution in [1.29, 1.82) is 0 Å². The van der Waals surface area contributed by atoms with Gasteiger partial charge in [0.15, 0.2) is 5.82 Å². The number of nitrogens with one attached hydrogen (secondary N) is 1. The van der Waals surface area contributed by atoms with Crippen LogP contribution in [0.25, 0.3) is 11.3 Å². The number of amides is 1. The monoisotopic (exact) mass is 522 g/mol. The summed E-state index contributed by atoms with van der Waals surface area (Å²) in [5, 5.41) is 3.13. The molecule has 1 aromatic heterocycles. The number of nitrogens with two attached hydrogens (primary N) is 1. The molecule has 5 rings (SSSR count). The van der Waals surface area contributed by atoms with Crippen molar-refractivity contribution >= 4 is 17.4 Å². The van der Waals surface area contributed by atoms with Crippen LogP contribution in [0.5, 0.6) is 0 Å². The molecule has 0 aliphatic heterocycles. The fourth-order valence-electron chi connectivity index (χ4n) is 6.46. The summed E-state index contributed by atoms with van der Waals surface area (Å²) in [6, 6.07) is 18.1. The maximum atomic E-state index is 13.0. The summed E-state index contributed by atoms with van der Waals surface area (Å²) < 4.78 is 0. The van der Waals surface area contributed by atoms with Crippen LogP contribution in [-0.2, 0) is 17.6 Å². The molecule has 0 radical (unpaired) electrons. The van der Waals surface area contributed by atoms with Crippen LogP contribution in [0.4, 0.5) is 11.5 Å². The van der Waals surface area contributed by atoms with E-state index >= 15 is 0 Å². The average molecular weight is 523 g/mol. The number of fused-ring (bicyclic) bond motifs is 1. The van der Waals surface area contributed by atoms with Gasteiger partial charge in [-0.3, -0.25) is 4.79 Å². The zero-order valence-electron chi connectivity index (χ0n) is 23.7. The van der Waals surface area contributed by atoms with E-state index in [0.717, 1.165) is 48.3 Å². The topological polar surface area (TPSA) is 80.9 Å². The number of carbonyl (C=O) groups excluding carboxylic acids is 1. The Labute approximate surface area is 233 Å². The van der Waals surface area contributed by atoms with E-state index in [1.807, 2.05) is 42.5 Å². The van der Waals surface area contributed by atoms with Crippen LogP contribution in [0.2, 0.25) is 0 Å². The third-order valence-electron chi connectivity index (χ3n) is 8.56. The molecule has 1 fully saturated rings. The Hall–Kier alpha value is -3.47. The molecule has 3 N–H and O–H groups in total. The van der Waals surface area contributed by atoms with E-state index in [9.17, 15) is 4.79 Å². The van der Waals surface area contributed by atoms with Crippen LogP contribution in [0.3, 0.4) is 0 Å². The second-order valence-electron chi connectivity index (χ2n) is 12.3. The molecule has 5 heteroatoms. The first-order chi connectivity index (χ1) is 18.8. The molecule has 2 aromatic carbocycles. The highest BCUT2D eigenvalue weighted by atomic mass is 16.1. The lowest BCUT2D eigenvalue weighted by atomic mass is 9.73. The molecule has 1 saturated carbocycles. The third-order valence-corrected chi connectivity index (χ3v) is 8.56. The van der Waals surface area contributed by atoms with Crippen molar-refractivity contribution in [1.82, 2.24) is 9.97 Å². The number of allylic oxidation sites excluding steroid dienone is 2. The van der Waals surface area contributed by atoms with Gasteiger partial charge < -0.3 is 11.1 Å². The fraction of sp³-hybridized carbons (Fsp3) is 0.441. The molecule has 1 heterocycles. The minimum absolute atomic E-state index is 0.00209. The Kier molecular flexibility index (Phi) is 8.15. The van der Waals surface area contributed by atoms with Crippen molar-refractivity contribution in [3.63, 3.8) is 0 Å². The summed E-state index contributed by atoms with van der Waals surface area (Å²) in [5.41, 5.74) is 14.0. The van der Waals surface area contributed by atoms with Gasteiger partial charge in [-0.15, -0.1) is 0 Å².